The number of rotatable bonds is 2. The molecule has 1 aliphatic rings. The maximum absolute atomic E-state index is 5.41. The maximum atomic E-state index is 5.41. The molecule has 0 aromatic carbocycles. The fourth-order valence-corrected chi connectivity index (χ4v) is 1.25. The molecule has 1 unspecified atom stereocenters. The molecule has 0 heterocycles. The molecule has 0 aromatic rings. The lowest BCUT2D eigenvalue weighted by Crippen LogP contribution is -1.99. The molecule has 1 aliphatic carbocycles. The summed E-state index contributed by atoms with van der Waals surface area (Å²) in [5.74, 6) is 0.681. The molecule has 11 heavy (non-hydrogen) atoms. The van der Waals surface area contributed by atoms with Gasteiger partial charge in [-0.1, -0.05) is 24.8 Å². The summed E-state index contributed by atoms with van der Waals surface area (Å²) in [7, 11) is 0. The summed E-state index contributed by atoms with van der Waals surface area (Å²) in [6.45, 7) is 3.61. The van der Waals surface area contributed by atoms with Gasteiger partial charge in [0, 0.05) is 5.70 Å². The average Bonchev–Trinajstić information content (AvgIpc) is 2.03. The van der Waals surface area contributed by atoms with E-state index in [2.05, 4.69) is 24.8 Å². The van der Waals surface area contributed by atoms with Gasteiger partial charge in [0.25, 0.3) is 0 Å². The van der Waals surface area contributed by atoms with Crippen LogP contribution in [0.4, 0.5) is 0 Å². The second kappa shape index (κ2) is 4.02. The molecule has 0 spiro atoms. The molecule has 2 N–H and O–H groups in total. The van der Waals surface area contributed by atoms with E-state index in [4.69, 9.17) is 5.73 Å². The number of hydrogen-bond donors (Lipinski definition) is 1. The summed E-state index contributed by atoms with van der Waals surface area (Å²) in [4.78, 5) is 0. The van der Waals surface area contributed by atoms with Crippen molar-refractivity contribution in [3.8, 4) is 0 Å². The van der Waals surface area contributed by atoms with E-state index in [-0.39, 0.29) is 0 Å². The third-order valence-corrected chi connectivity index (χ3v) is 1.89. The Labute approximate surface area is 68.3 Å². The number of hydrogen-bond acceptors (Lipinski definition) is 1. The normalized spacial score (nSPS) is 24.2. The fraction of sp³-hybridized carbons (Fsp3) is 0.400. The first kappa shape index (κ1) is 8.12. The standard InChI is InChI=1S/C10H15N/c1-9(11)7-8-10-5-3-2-4-6-10/h2-3,7-8,10H,1,4-6,11H2/b8-7-. The van der Waals surface area contributed by atoms with Gasteiger partial charge in [0.05, 0.1) is 0 Å². The Kier molecular flexibility index (Phi) is 2.96. The van der Waals surface area contributed by atoms with Gasteiger partial charge >= 0.3 is 0 Å². The van der Waals surface area contributed by atoms with Crippen LogP contribution in [0.3, 0.4) is 0 Å². The number of allylic oxidation sites excluding steroid dienone is 4. The Morgan fingerprint density at radius 3 is 2.91 bits per heavy atom. The van der Waals surface area contributed by atoms with E-state index < -0.39 is 0 Å². The molecule has 0 amide bonds. The first-order chi connectivity index (χ1) is 5.29. The van der Waals surface area contributed by atoms with Gasteiger partial charge in [-0.05, 0) is 31.3 Å². The SMILES string of the molecule is C=C(N)/C=C\C1CC=CCC1. The van der Waals surface area contributed by atoms with Crippen molar-refractivity contribution in [1.29, 1.82) is 0 Å². The molecular formula is C10H15N. The van der Waals surface area contributed by atoms with Crippen LogP contribution in [0.2, 0.25) is 0 Å². The van der Waals surface area contributed by atoms with Crippen LogP contribution in [0.1, 0.15) is 19.3 Å². The van der Waals surface area contributed by atoms with Gasteiger partial charge in [-0.2, -0.15) is 0 Å². The molecule has 1 nitrogen and oxygen atoms in total. The Balaban J connectivity index is 2.37. The molecule has 0 fully saturated rings. The van der Waals surface area contributed by atoms with Gasteiger partial charge in [0.15, 0.2) is 0 Å². The van der Waals surface area contributed by atoms with Crippen LogP contribution in [-0.2, 0) is 0 Å². The average molecular weight is 149 g/mol. The molecule has 0 bridgehead atoms. The Morgan fingerprint density at radius 1 is 1.55 bits per heavy atom. The van der Waals surface area contributed by atoms with E-state index in [1.807, 2.05) is 6.08 Å². The van der Waals surface area contributed by atoms with Crippen LogP contribution < -0.4 is 5.73 Å². The van der Waals surface area contributed by atoms with Gasteiger partial charge in [-0.15, -0.1) is 0 Å². The summed E-state index contributed by atoms with van der Waals surface area (Å²) in [6.07, 6.45) is 12.1. The zero-order valence-electron chi connectivity index (χ0n) is 6.79. The minimum absolute atomic E-state index is 0.652. The third kappa shape index (κ3) is 3.08. The van der Waals surface area contributed by atoms with Crippen LogP contribution in [0.25, 0.3) is 0 Å². The number of nitrogens with two attached hydrogens (primary N) is 1. The summed E-state index contributed by atoms with van der Waals surface area (Å²) >= 11 is 0. The van der Waals surface area contributed by atoms with Crippen molar-refractivity contribution in [3.63, 3.8) is 0 Å². The van der Waals surface area contributed by atoms with E-state index in [0.29, 0.717) is 11.6 Å². The van der Waals surface area contributed by atoms with E-state index in [0.717, 1.165) is 6.42 Å². The van der Waals surface area contributed by atoms with E-state index in [1.54, 1.807) is 0 Å². The van der Waals surface area contributed by atoms with Gasteiger partial charge in [0.1, 0.15) is 0 Å². The van der Waals surface area contributed by atoms with E-state index in [1.165, 1.54) is 12.8 Å². The largest absolute Gasteiger partial charge is 0.399 e. The first-order valence-corrected chi connectivity index (χ1v) is 4.06. The van der Waals surface area contributed by atoms with Gasteiger partial charge in [-0.3, -0.25) is 0 Å². The van der Waals surface area contributed by atoms with Gasteiger partial charge in [0.2, 0.25) is 0 Å². The summed E-state index contributed by atoms with van der Waals surface area (Å²) in [5, 5.41) is 0. The van der Waals surface area contributed by atoms with Crippen LogP contribution in [-0.4, -0.2) is 0 Å². The topological polar surface area (TPSA) is 26.0 Å². The van der Waals surface area contributed by atoms with Crippen LogP contribution in [0.15, 0.2) is 36.6 Å². The van der Waals surface area contributed by atoms with Gasteiger partial charge < -0.3 is 5.73 Å². The van der Waals surface area contributed by atoms with Crippen LogP contribution >= 0.6 is 0 Å². The zero-order chi connectivity index (χ0) is 8.10. The lowest BCUT2D eigenvalue weighted by molar-refractivity contribution is 0.583. The van der Waals surface area contributed by atoms with Crippen molar-refractivity contribution in [1.82, 2.24) is 0 Å². The smallest absolute Gasteiger partial charge is 0.0237 e. The lowest BCUT2D eigenvalue weighted by Gasteiger charge is -2.12. The molecule has 0 radical (unpaired) electrons. The van der Waals surface area contributed by atoms with Crippen LogP contribution in [0.5, 0.6) is 0 Å². The molecule has 1 rings (SSSR count). The monoisotopic (exact) mass is 149 g/mol. The second-order valence-corrected chi connectivity index (χ2v) is 2.98. The van der Waals surface area contributed by atoms with E-state index >= 15 is 0 Å². The minimum Gasteiger partial charge on any atom is -0.399 e. The molecule has 60 valence electrons. The van der Waals surface area contributed by atoms with Crippen molar-refractivity contribution in [2.24, 2.45) is 11.7 Å². The highest BCUT2D eigenvalue weighted by molar-refractivity contribution is 5.12. The minimum atomic E-state index is 0.652. The summed E-state index contributed by atoms with van der Waals surface area (Å²) < 4.78 is 0. The predicted molar refractivity (Wildman–Crippen MR) is 48.9 cm³/mol. The second-order valence-electron chi connectivity index (χ2n) is 2.98. The van der Waals surface area contributed by atoms with Crippen molar-refractivity contribution in [2.75, 3.05) is 0 Å². The molecule has 0 aromatic heterocycles. The quantitative estimate of drug-likeness (QED) is 0.473. The highest BCUT2D eigenvalue weighted by Crippen LogP contribution is 2.19. The Morgan fingerprint density at radius 2 is 2.36 bits per heavy atom. The third-order valence-electron chi connectivity index (χ3n) is 1.89. The summed E-state index contributed by atoms with van der Waals surface area (Å²) in [5.41, 5.74) is 6.06. The van der Waals surface area contributed by atoms with Gasteiger partial charge in [-0.25, -0.2) is 0 Å². The molecule has 1 atom stereocenters. The first-order valence-electron chi connectivity index (χ1n) is 4.06. The Hall–Kier alpha value is -0.980. The van der Waals surface area contributed by atoms with Crippen molar-refractivity contribution >= 4 is 0 Å². The Bertz CT molecular complexity index is 189. The molecule has 0 saturated heterocycles. The van der Waals surface area contributed by atoms with Crippen molar-refractivity contribution < 1.29 is 0 Å². The molecule has 1 heteroatoms. The fourth-order valence-electron chi connectivity index (χ4n) is 1.25. The molecule has 0 saturated carbocycles. The molecular weight excluding hydrogens is 134 g/mol. The molecule has 0 aliphatic heterocycles. The maximum Gasteiger partial charge on any atom is 0.0237 e. The zero-order valence-corrected chi connectivity index (χ0v) is 6.79. The van der Waals surface area contributed by atoms with Crippen LogP contribution in [0, 0.1) is 5.92 Å². The van der Waals surface area contributed by atoms with E-state index in [9.17, 15) is 0 Å². The lowest BCUT2D eigenvalue weighted by atomic mass is 9.94. The predicted octanol–water partition coefficient (Wildman–Crippen LogP) is 2.37. The highest BCUT2D eigenvalue weighted by atomic mass is 14.5. The van der Waals surface area contributed by atoms with Crippen molar-refractivity contribution in [3.05, 3.63) is 36.6 Å². The summed E-state index contributed by atoms with van der Waals surface area (Å²) in [6, 6.07) is 0. The highest BCUT2D eigenvalue weighted by Gasteiger charge is 2.04. The van der Waals surface area contributed by atoms with Crippen molar-refractivity contribution in [2.45, 2.75) is 19.3 Å².